The summed E-state index contributed by atoms with van der Waals surface area (Å²) in [4.78, 5) is 21.3. The number of halogens is 1. The highest BCUT2D eigenvalue weighted by atomic mass is 35.5. The summed E-state index contributed by atoms with van der Waals surface area (Å²) in [6, 6.07) is 23.2. The lowest BCUT2D eigenvalue weighted by molar-refractivity contribution is 0.0952. The van der Waals surface area contributed by atoms with Crippen LogP contribution in [-0.4, -0.2) is 15.9 Å². The first-order valence-corrected chi connectivity index (χ1v) is 10.7. The zero-order valence-electron chi connectivity index (χ0n) is 17.2. The number of hydrogen-bond acceptors (Lipinski definition) is 3. The van der Waals surface area contributed by atoms with Crippen LogP contribution in [0.15, 0.2) is 79.0 Å². The molecule has 2 aromatic heterocycles. The van der Waals surface area contributed by atoms with Crippen LogP contribution in [0.3, 0.4) is 0 Å². The van der Waals surface area contributed by atoms with Crippen LogP contribution in [0.25, 0.3) is 33.1 Å². The molecular weight excluding hydrogens is 420 g/mol. The van der Waals surface area contributed by atoms with Crippen LogP contribution in [0.2, 0.25) is 5.02 Å². The smallest absolute Gasteiger partial charge is 0.252 e. The van der Waals surface area contributed by atoms with E-state index < -0.39 is 0 Å². The van der Waals surface area contributed by atoms with Gasteiger partial charge in [0.1, 0.15) is 0 Å². The molecule has 6 heteroatoms. The van der Waals surface area contributed by atoms with Crippen molar-refractivity contribution in [2.45, 2.75) is 13.1 Å². The largest absolute Gasteiger partial charge is 0.360 e. The molecular formula is C26H21ClN4O. The predicted molar refractivity (Wildman–Crippen MR) is 130 cm³/mol. The topological polar surface area (TPSA) is 83.8 Å². The number of fused-ring (bicyclic) bond motifs is 2. The Labute approximate surface area is 190 Å². The maximum atomic E-state index is 13.2. The number of carbonyl (C=O) groups excluding carboxylic acids is 1. The second-order valence-corrected chi connectivity index (χ2v) is 8.05. The van der Waals surface area contributed by atoms with Crippen molar-refractivity contribution >= 4 is 39.3 Å². The van der Waals surface area contributed by atoms with Crippen molar-refractivity contribution in [3.8, 4) is 11.3 Å². The average molecular weight is 441 g/mol. The number of nitrogens with two attached hydrogens (primary N) is 1. The molecule has 2 heterocycles. The Bertz CT molecular complexity index is 1440. The zero-order valence-corrected chi connectivity index (χ0v) is 18.0. The third kappa shape index (κ3) is 3.73. The van der Waals surface area contributed by atoms with E-state index >= 15 is 0 Å². The number of H-pyrrole nitrogens is 1. The minimum atomic E-state index is -0.177. The highest BCUT2D eigenvalue weighted by Crippen LogP contribution is 2.32. The molecule has 0 saturated carbocycles. The zero-order chi connectivity index (χ0) is 22.1. The number of nitrogens with zero attached hydrogens (tertiary/aromatic N) is 1. The number of pyridine rings is 1. The highest BCUT2D eigenvalue weighted by Gasteiger charge is 2.17. The first kappa shape index (κ1) is 20.2. The summed E-state index contributed by atoms with van der Waals surface area (Å²) in [7, 11) is 0. The lowest BCUT2D eigenvalue weighted by Gasteiger charge is -2.11. The van der Waals surface area contributed by atoms with Gasteiger partial charge in [0, 0.05) is 41.1 Å². The van der Waals surface area contributed by atoms with E-state index in [4.69, 9.17) is 22.3 Å². The number of carbonyl (C=O) groups is 1. The molecule has 0 bridgehead atoms. The van der Waals surface area contributed by atoms with E-state index in [-0.39, 0.29) is 5.91 Å². The van der Waals surface area contributed by atoms with E-state index in [0.717, 1.165) is 33.0 Å². The first-order valence-electron chi connectivity index (χ1n) is 10.4. The molecule has 158 valence electrons. The Morgan fingerprint density at radius 2 is 1.72 bits per heavy atom. The fraction of sp³-hybridized carbons (Fsp3) is 0.0769. The summed E-state index contributed by atoms with van der Waals surface area (Å²) >= 11 is 6.47. The lowest BCUT2D eigenvalue weighted by Crippen LogP contribution is -2.23. The molecule has 0 unspecified atom stereocenters. The molecule has 0 spiro atoms. The van der Waals surface area contributed by atoms with E-state index in [1.54, 1.807) is 6.07 Å². The van der Waals surface area contributed by atoms with E-state index in [1.165, 1.54) is 0 Å². The molecule has 1 amide bonds. The molecule has 0 atom stereocenters. The summed E-state index contributed by atoms with van der Waals surface area (Å²) in [5.41, 5.74) is 11.5. The minimum absolute atomic E-state index is 0.177. The van der Waals surface area contributed by atoms with Crippen molar-refractivity contribution in [2.24, 2.45) is 5.73 Å². The molecule has 5 rings (SSSR count). The van der Waals surface area contributed by atoms with Crippen LogP contribution >= 0.6 is 11.6 Å². The monoisotopic (exact) mass is 440 g/mol. The number of aromatic amines is 1. The number of hydrogen-bond donors (Lipinski definition) is 3. The summed E-state index contributed by atoms with van der Waals surface area (Å²) in [6.07, 6.45) is 1.91. The van der Waals surface area contributed by atoms with Crippen molar-refractivity contribution < 1.29 is 4.79 Å². The Kier molecular flexibility index (Phi) is 5.35. The van der Waals surface area contributed by atoms with Gasteiger partial charge in [-0.1, -0.05) is 66.2 Å². The standard InChI is InChI=1S/C26H21ClN4O/c27-22-6-3-5-19-20(26(32)30-14-17-10-8-16(13-28)9-11-17)12-24(31-25(19)22)21-15-29-23-7-2-1-4-18(21)23/h1-12,15,29H,13-14,28H2,(H,30,32). The summed E-state index contributed by atoms with van der Waals surface area (Å²) < 4.78 is 0. The van der Waals surface area contributed by atoms with Gasteiger partial charge in [0.15, 0.2) is 0 Å². The van der Waals surface area contributed by atoms with E-state index in [1.807, 2.05) is 72.9 Å². The second-order valence-electron chi connectivity index (χ2n) is 7.64. The molecule has 5 nitrogen and oxygen atoms in total. The van der Waals surface area contributed by atoms with E-state index in [9.17, 15) is 4.79 Å². The van der Waals surface area contributed by atoms with Crippen LogP contribution < -0.4 is 11.1 Å². The normalized spacial score (nSPS) is 11.2. The maximum absolute atomic E-state index is 13.2. The van der Waals surface area contributed by atoms with Gasteiger partial charge in [-0.25, -0.2) is 4.98 Å². The van der Waals surface area contributed by atoms with Crippen molar-refractivity contribution in [1.82, 2.24) is 15.3 Å². The molecule has 0 saturated heterocycles. The van der Waals surface area contributed by atoms with Gasteiger partial charge in [0.2, 0.25) is 0 Å². The number of benzene rings is 3. The molecule has 0 aliphatic carbocycles. The van der Waals surface area contributed by atoms with Crippen molar-refractivity contribution in [3.05, 3.63) is 101 Å². The average Bonchev–Trinajstić information content (AvgIpc) is 3.27. The van der Waals surface area contributed by atoms with Crippen molar-refractivity contribution in [1.29, 1.82) is 0 Å². The maximum Gasteiger partial charge on any atom is 0.252 e. The minimum Gasteiger partial charge on any atom is -0.360 e. The SMILES string of the molecule is NCc1ccc(CNC(=O)c2cc(-c3c[nH]c4ccccc34)nc3c(Cl)cccc23)cc1. The third-order valence-electron chi connectivity index (χ3n) is 5.61. The van der Waals surface area contributed by atoms with Crippen LogP contribution in [0.4, 0.5) is 0 Å². The van der Waals surface area contributed by atoms with Crippen LogP contribution in [0.1, 0.15) is 21.5 Å². The second kappa shape index (κ2) is 8.46. The Morgan fingerprint density at radius 1 is 0.969 bits per heavy atom. The van der Waals surface area contributed by atoms with Gasteiger partial charge in [-0.15, -0.1) is 0 Å². The molecule has 3 aromatic carbocycles. The third-order valence-corrected chi connectivity index (χ3v) is 5.92. The number of aromatic nitrogens is 2. The van der Waals surface area contributed by atoms with Crippen LogP contribution in [0, 0.1) is 0 Å². The highest BCUT2D eigenvalue weighted by molar-refractivity contribution is 6.35. The van der Waals surface area contributed by atoms with Gasteiger partial charge in [0.25, 0.3) is 5.91 Å². The van der Waals surface area contributed by atoms with Crippen LogP contribution in [-0.2, 0) is 13.1 Å². The van der Waals surface area contributed by atoms with Gasteiger partial charge in [-0.2, -0.15) is 0 Å². The number of nitrogens with one attached hydrogen (secondary N) is 2. The van der Waals surface area contributed by atoms with Gasteiger partial charge < -0.3 is 16.0 Å². The Balaban J connectivity index is 1.55. The fourth-order valence-electron chi connectivity index (χ4n) is 3.89. The summed E-state index contributed by atoms with van der Waals surface area (Å²) in [5.74, 6) is -0.177. The fourth-order valence-corrected chi connectivity index (χ4v) is 4.11. The van der Waals surface area contributed by atoms with Gasteiger partial charge in [0.05, 0.1) is 21.8 Å². The lowest BCUT2D eigenvalue weighted by atomic mass is 10.0. The van der Waals surface area contributed by atoms with Crippen molar-refractivity contribution in [2.75, 3.05) is 0 Å². The number of rotatable bonds is 5. The molecule has 32 heavy (non-hydrogen) atoms. The van der Waals surface area contributed by atoms with Crippen molar-refractivity contribution in [3.63, 3.8) is 0 Å². The Hall–Kier alpha value is -3.67. The van der Waals surface area contributed by atoms with Crippen LogP contribution in [0.5, 0.6) is 0 Å². The van der Waals surface area contributed by atoms with Gasteiger partial charge in [-0.05, 0) is 29.3 Å². The molecule has 5 aromatic rings. The first-order chi connectivity index (χ1) is 15.6. The van der Waals surface area contributed by atoms with Gasteiger partial charge >= 0.3 is 0 Å². The molecule has 0 radical (unpaired) electrons. The molecule has 0 fully saturated rings. The van der Waals surface area contributed by atoms with E-state index in [0.29, 0.717) is 34.9 Å². The van der Waals surface area contributed by atoms with Gasteiger partial charge in [-0.3, -0.25) is 4.79 Å². The van der Waals surface area contributed by atoms with E-state index in [2.05, 4.69) is 10.3 Å². The molecule has 0 aliphatic heterocycles. The summed E-state index contributed by atoms with van der Waals surface area (Å²) in [5, 5.41) is 5.29. The number of amides is 1. The molecule has 0 aliphatic rings. The summed E-state index contributed by atoms with van der Waals surface area (Å²) in [6.45, 7) is 0.906. The quantitative estimate of drug-likeness (QED) is 0.341. The Morgan fingerprint density at radius 3 is 2.53 bits per heavy atom. The number of para-hydroxylation sites is 2. The predicted octanol–water partition coefficient (Wildman–Crippen LogP) is 5.43. The molecule has 4 N–H and O–H groups in total.